The number of rotatable bonds is 8. The highest BCUT2D eigenvalue weighted by Crippen LogP contribution is 2.26. The van der Waals surface area contributed by atoms with E-state index in [1.165, 1.54) is 28.9 Å². The summed E-state index contributed by atoms with van der Waals surface area (Å²) in [5, 5.41) is 5.29. The quantitative estimate of drug-likeness (QED) is 0.414. The van der Waals surface area contributed by atoms with Gasteiger partial charge in [0.2, 0.25) is 5.91 Å². The largest absolute Gasteiger partial charge is 0.376 e. The van der Waals surface area contributed by atoms with E-state index in [1.807, 2.05) is 34.3 Å². The van der Waals surface area contributed by atoms with Crippen molar-refractivity contribution in [2.75, 3.05) is 18.1 Å². The van der Waals surface area contributed by atoms with Crippen molar-refractivity contribution in [1.29, 1.82) is 0 Å². The molecule has 5 heterocycles. The maximum atomic E-state index is 13.1. The van der Waals surface area contributed by atoms with Gasteiger partial charge in [-0.15, -0.1) is 11.3 Å². The maximum absolute atomic E-state index is 13.1. The number of amides is 2. The van der Waals surface area contributed by atoms with Crippen molar-refractivity contribution in [1.82, 2.24) is 24.7 Å². The fraction of sp³-hybridized carbons (Fsp3) is 0.318. The minimum atomic E-state index is -0.228. The van der Waals surface area contributed by atoms with Crippen LogP contribution in [0.5, 0.6) is 0 Å². The smallest absolute Gasteiger partial charge is 0.263 e. The topological polar surface area (TPSA) is 102 Å². The van der Waals surface area contributed by atoms with Gasteiger partial charge in [-0.2, -0.15) is 0 Å². The molecule has 33 heavy (non-hydrogen) atoms. The fourth-order valence-electron chi connectivity index (χ4n) is 3.69. The van der Waals surface area contributed by atoms with Crippen LogP contribution in [-0.4, -0.2) is 50.4 Å². The van der Waals surface area contributed by atoms with Gasteiger partial charge in [-0.05, 0) is 24.5 Å². The Balaban J connectivity index is 1.27. The van der Waals surface area contributed by atoms with Gasteiger partial charge in [0.25, 0.3) is 5.91 Å². The third-order valence-electron chi connectivity index (χ3n) is 5.38. The van der Waals surface area contributed by atoms with Gasteiger partial charge in [0.1, 0.15) is 10.5 Å². The molecule has 2 amide bonds. The summed E-state index contributed by atoms with van der Waals surface area (Å²) in [6.07, 6.45) is 9.09. The number of carbonyl (C=O) groups excluding carboxylic acids is 2. The molecular formula is C22H22N6O3S2. The lowest BCUT2D eigenvalue weighted by Gasteiger charge is -2.22. The number of hydrogen-bond donors (Lipinski definition) is 1. The number of nitrogens with one attached hydrogen (secondary N) is 1. The van der Waals surface area contributed by atoms with Crippen LogP contribution in [0.1, 0.15) is 33.8 Å². The third-order valence-corrected chi connectivity index (χ3v) is 7.03. The number of anilines is 1. The Morgan fingerprint density at radius 1 is 1.27 bits per heavy atom. The van der Waals surface area contributed by atoms with Gasteiger partial charge in [-0.25, -0.2) is 15.0 Å². The van der Waals surface area contributed by atoms with Crippen molar-refractivity contribution in [2.24, 2.45) is 0 Å². The Labute approximate surface area is 198 Å². The molecule has 0 radical (unpaired) electrons. The first-order valence-corrected chi connectivity index (χ1v) is 12.4. The number of imidazole rings is 1. The molecule has 1 unspecified atom stereocenters. The van der Waals surface area contributed by atoms with Crippen LogP contribution in [0.15, 0.2) is 47.8 Å². The summed E-state index contributed by atoms with van der Waals surface area (Å²) in [6, 6.07) is 3.84. The standard InChI is InChI=1S/C22H22N6O3S2/c29-20(8-16-13-32-14-26-16)28(12-17-2-1-7-31-17)22-25-10-18(33-22)21(30)24-9-15-3-4-19-23-5-6-27(19)11-15/h3-6,10-11,13-14,17H,1-2,7-9,12H2,(H,24,30). The van der Waals surface area contributed by atoms with Gasteiger partial charge < -0.3 is 14.5 Å². The predicted molar refractivity (Wildman–Crippen MR) is 126 cm³/mol. The summed E-state index contributed by atoms with van der Waals surface area (Å²) in [4.78, 5) is 40.7. The van der Waals surface area contributed by atoms with E-state index in [4.69, 9.17) is 4.74 Å². The maximum Gasteiger partial charge on any atom is 0.263 e. The van der Waals surface area contributed by atoms with E-state index in [0.717, 1.165) is 29.7 Å². The number of carbonyl (C=O) groups is 2. The summed E-state index contributed by atoms with van der Waals surface area (Å²) in [5.41, 5.74) is 4.25. The summed E-state index contributed by atoms with van der Waals surface area (Å²) >= 11 is 2.66. The molecular weight excluding hydrogens is 460 g/mol. The van der Waals surface area contributed by atoms with E-state index in [1.54, 1.807) is 16.6 Å². The van der Waals surface area contributed by atoms with Crippen molar-refractivity contribution in [2.45, 2.75) is 31.9 Å². The molecule has 9 nitrogen and oxygen atoms in total. The average molecular weight is 483 g/mol. The monoisotopic (exact) mass is 482 g/mol. The van der Waals surface area contributed by atoms with Crippen LogP contribution >= 0.6 is 22.7 Å². The number of nitrogens with zero attached hydrogens (tertiary/aromatic N) is 5. The summed E-state index contributed by atoms with van der Waals surface area (Å²) in [5.74, 6) is -0.333. The number of hydrogen-bond acceptors (Lipinski definition) is 8. The second-order valence-corrected chi connectivity index (χ2v) is 9.44. The molecule has 1 fully saturated rings. The molecule has 1 aliphatic rings. The van der Waals surface area contributed by atoms with Crippen LogP contribution in [0, 0.1) is 0 Å². The van der Waals surface area contributed by atoms with Gasteiger partial charge in [0.15, 0.2) is 5.13 Å². The molecule has 0 spiro atoms. The Bertz CT molecular complexity index is 1250. The van der Waals surface area contributed by atoms with Crippen molar-refractivity contribution in [3.05, 3.63) is 63.9 Å². The second kappa shape index (κ2) is 9.77. The molecule has 1 saturated heterocycles. The fourth-order valence-corrected chi connectivity index (χ4v) is 5.11. The van der Waals surface area contributed by atoms with Crippen LogP contribution < -0.4 is 10.2 Å². The Kier molecular flexibility index (Phi) is 6.42. The molecule has 170 valence electrons. The summed E-state index contributed by atoms with van der Waals surface area (Å²) < 4.78 is 7.65. The van der Waals surface area contributed by atoms with Crippen molar-refractivity contribution in [3.63, 3.8) is 0 Å². The molecule has 0 saturated carbocycles. The lowest BCUT2D eigenvalue weighted by Crippen LogP contribution is -2.38. The molecule has 0 bridgehead atoms. The van der Waals surface area contributed by atoms with Crippen LogP contribution in [0.25, 0.3) is 5.65 Å². The molecule has 11 heteroatoms. The van der Waals surface area contributed by atoms with E-state index in [-0.39, 0.29) is 24.3 Å². The van der Waals surface area contributed by atoms with Gasteiger partial charge >= 0.3 is 0 Å². The zero-order chi connectivity index (χ0) is 22.6. The SMILES string of the molecule is O=C(NCc1ccc2nccn2c1)c1cnc(N(CC2CCCO2)C(=O)Cc2cscn2)s1. The van der Waals surface area contributed by atoms with Gasteiger partial charge in [0, 0.05) is 37.1 Å². The number of pyridine rings is 1. The average Bonchev–Trinajstić information content (AvgIpc) is 3.62. The van der Waals surface area contributed by atoms with E-state index in [2.05, 4.69) is 20.3 Å². The summed E-state index contributed by atoms with van der Waals surface area (Å²) in [6.45, 7) is 1.50. The molecule has 1 N–H and O–H groups in total. The lowest BCUT2D eigenvalue weighted by atomic mass is 10.2. The first kappa shape index (κ1) is 21.7. The Morgan fingerprint density at radius 2 is 2.21 bits per heavy atom. The molecule has 4 aromatic rings. The number of aromatic nitrogens is 4. The Morgan fingerprint density at radius 3 is 3.03 bits per heavy atom. The highest BCUT2D eigenvalue weighted by molar-refractivity contribution is 7.17. The molecule has 0 aromatic carbocycles. The lowest BCUT2D eigenvalue weighted by molar-refractivity contribution is -0.118. The van der Waals surface area contributed by atoms with Gasteiger partial charge in [0.05, 0.1) is 36.5 Å². The zero-order valence-electron chi connectivity index (χ0n) is 17.7. The predicted octanol–water partition coefficient (Wildman–Crippen LogP) is 2.93. The minimum absolute atomic E-state index is 0.0244. The van der Waals surface area contributed by atoms with E-state index in [9.17, 15) is 9.59 Å². The van der Waals surface area contributed by atoms with Crippen LogP contribution in [0.3, 0.4) is 0 Å². The van der Waals surface area contributed by atoms with E-state index < -0.39 is 0 Å². The highest BCUT2D eigenvalue weighted by Gasteiger charge is 2.27. The first-order valence-electron chi connectivity index (χ1n) is 10.6. The first-order chi connectivity index (χ1) is 16.2. The molecule has 1 aliphatic heterocycles. The van der Waals surface area contributed by atoms with Gasteiger partial charge in [-0.1, -0.05) is 17.4 Å². The van der Waals surface area contributed by atoms with Gasteiger partial charge in [-0.3, -0.25) is 14.5 Å². The number of fused-ring (bicyclic) bond motifs is 1. The van der Waals surface area contributed by atoms with E-state index in [0.29, 0.717) is 29.7 Å². The second-order valence-electron chi connectivity index (χ2n) is 7.72. The number of thiazole rings is 2. The van der Waals surface area contributed by atoms with Crippen LogP contribution in [0.4, 0.5) is 5.13 Å². The molecule has 0 aliphatic carbocycles. The van der Waals surface area contributed by atoms with Crippen molar-refractivity contribution in [3.8, 4) is 0 Å². The molecule has 4 aromatic heterocycles. The van der Waals surface area contributed by atoms with Crippen molar-refractivity contribution < 1.29 is 14.3 Å². The summed E-state index contributed by atoms with van der Waals surface area (Å²) in [7, 11) is 0. The van der Waals surface area contributed by atoms with Crippen LogP contribution in [-0.2, 0) is 22.5 Å². The molecule has 1 atom stereocenters. The highest BCUT2D eigenvalue weighted by atomic mass is 32.1. The third kappa shape index (κ3) is 5.10. The Hall–Kier alpha value is -3.15. The van der Waals surface area contributed by atoms with Crippen LogP contribution in [0.2, 0.25) is 0 Å². The normalized spacial score (nSPS) is 15.7. The van der Waals surface area contributed by atoms with Crippen molar-refractivity contribution >= 4 is 45.3 Å². The minimum Gasteiger partial charge on any atom is -0.376 e. The number of ether oxygens (including phenoxy) is 1. The van der Waals surface area contributed by atoms with E-state index >= 15 is 0 Å². The molecule has 5 rings (SSSR count). The zero-order valence-corrected chi connectivity index (χ0v) is 19.3.